The van der Waals surface area contributed by atoms with Gasteiger partial charge in [0.25, 0.3) is 0 Å². The van der Waals surface area contributed by atoms with Gasteiger partial charge in [-0.25, -0.2) is 8.42 Å². The van der Waals surface area contributed by atoms with Crippen LogP contribution in [-0.2, 0) is 22.4 Å². The first-order chi connectivity index (χ1) is 17.0. The molecule has 1 atom stereocenters. The average molecular weight is 517 g/mol. The van der Waals surface area contributed by atoms with E-state index in [1.807, 2.05) is 12.1 Å². The minimum absolute atomic E-state index is 0.0174. The Labute approximate surface area is 208 Å². The van der Waals surface area contributed by atoms with Gasteiger partial charge in [0.15, 0.2) is 9.84 Å². The topological polar surface area (TPSA) is 80.5 Å². The number of alkyl halides is 3. The van der Waals surface area contributed by atoms with Gasteiger partial charge in [-0.1, -0.05) is 31.2 Å². The molecule has 4 rings (SSSR count). The molecule has 1 aliphatic heterocycles. The highest BCUT2D eigenvalue weighted by molar-refractivity contribution is 7.91. The highest BCUT2D eigenvalue weighted by atomic mass is 32.2. The molecule has 36 heavy (non-hydrogen) atoms. The number of hydrogen-bond acceptors (Lipinski definition) is 4. The highest BCUT2D eigenvalue weighted by Gasteiger charge is 2.31. The van der Waals surface area contributed by atoms with Crippen LogP contribution in [0.2, 0.25) is 0 Å². The summed E-state index contributed by atoms with van der Waals surface area (Å²) in [7, 11) is -3.30. The van der Waals surface area contributed by atoms with Gasteiger partial charge in [-0.15, -0.1) is 0 Å². The maximum Gasteiger partial charge on any atom is 0.416 e. The monoisotopic (exact) mass is 516 g/mol. The number of carbonyl (C=O) groups is 1. The van der Waals surface area contributed by atoms with Crippen molar-refractivity contribution in [2.24, 2.45) is 5.73 Å². The van der Waals surface area contributed by atoms with Gasteiger partial charge in [0.05, 0.1) is 16.2 Å². The average Bonchev–Trinajstić information content (AvgIpc) is 3.34. The van der Waals surface area contributed by atoms with E-state index in [2.05, 4.69) is 4.90 Å². The summed E-state index contributed by atoms with van der Waals surface area (Å²) in [6.45, 7) is 2.96. The number of sulfone groups is 1. The summed E-state index contributed by atoms with van der Waals surface area (Å²) in [5.41, 5.74) is 8.66. The Bertz CT molecular complexity index is 1350. The molecule has 190 valence electrons. The molecule has 0 spiro atoms. The lowest BCUT2D eigenvalue weighted by atomic mass is 9.97. The van der Waals surface area contributed by atoms with Crippen LogP contribution in [0.15, 0.2) is 71.6 Å². The molecular weight excluding hydrogens is 489 g/mol. The predicted octanol–water partition coefficient (Wildman–Crippen LogP) is 5.18. The van der Waals surface area contributed by atoms with Crippen LogP contribution in [0, 0.1) is 0 Å². The molecule has 1 unspecified atom stereocenters. The van der Waals surface area contributed by atoms with Crippen molar-refractivity contribution in [3.8, 4) is 0 Å². The summed E-state index contributed by atoms with van der Waals surface area (Å²) in [6.07, 6.45) is -3.16. The fraction of sp³-hybridized carbons (Fsp3) is 0.296. The zero-order valence-corrected chi connectivity index (χ0v) is 20.6. The van der Waals surface area contributed by atoms with Crippen molar-refractivity contribution in [1.82, 2.24) is 0 Å². The van der Waals surface area contributed by atoms with Gasteiger partial charge >= 0.3 is 6.18 Å². The molecule has 1 aliphatic rings. The number of amides is 1. The number of hydrogen-bond donors (Lipinski definition) is 1. The van der Waals surface area contributed by atoms with E-state index in [1.54, 1.807) is 49.4 Å². The van der Waals surface area contributed by atoms with Crippen LogP contribution in [-0.4, -0.2) is 33.2 Å². The van der Waals surface area contributed by atoms with Gasteiger partial charge < -0.3 is 10.6 Å². The van der Waals surface area contributed by atoms with Crippen molar-refractivity contribution in [2.75, 3.05) is 23.7 Å². The van der Waals surface area contributed by atoms with Crippen LogP contribution >= 0.6 is 0 Å². The summed E-state index contributed by atoms with van der Waals surface area (Å²) in [5, 5.41) is 0. The summed E-state index contributed by atoms with van der Waals surface area (Å²) in [6, 6.07) is 17.3. The molecular formula is C27H27F3N2O3S. The summed E-state index contributed by atoms with van der Waals surface area (Å²) < 4.78 is 62.8. The lowest BCUT2D eigenvalue weighted by Gasteiger charge is -2.21. The number of rotatable bonds is 7. The van der Waals surface area contributed by atoms with Crippen LogP contribution in [0.3, 0.4) is 0 Å². The second-order valence-electron chi connectivity index (χ2n) is 8.98. The Morgan fingerprint density at radius 3 is 2.28 bits per heavy atom. The van der Waals surface area contributed by atoms with Crippen molar-refractivity contribution >= 4 is 21.4 Å². The zero-order chi connectivity index (χ0) is 26.1. The number of nitrogens with two attached hydrogens (primary N) is 1. The molecule has 1 fully saturated rings. The van der Waals surface area contributed by atoms with Crippen LogP contribution < -0.4 is 10.6 Å². The van der Waals surface area contributed by atoms with Crippen LogP contribution in [0.25, 0.3) is 0 Å². The van der Waals surface area contributed by atoms with Gasteiger partial charge in [0, 0.05) is 30.3 Å². The third kappa shape index (κ3) is 5.56. The highest BCUT2D eigenvalue weighted by Crippen LogP contribution is 2.34. The van der Waals surface area contributed by atoms with E-state index in [9.17, 15) is 26.4 Å². The quantitative estimate of drug-likeness (QED) is 0.469. The normalized spacial score (nSPS) is 16.3. The van der Waals surface area contributed by atoms with E-state index in [1.165, 1.54) is 0 Å². The molecule has 1 amide bonds. The number of carbonyl (C=O) groups excluding carboxylic acids is 1. The van der Waals surface area contributed by atoms with Gasteiger partial charge in [-0.3, -0.25) is 4.79 Å². The number of halogens is 3. The van der Waals surface area contributed by atoms with Gasteiger partial charge in [-0.2, -0.15) is 13.2 Å². The van der Waals surface area contributed by atoms with Crippen molar-refractivity contribution in [1.29, 1.82) is 0 Å². The minimum atomic E-state index is -4.36. The third-order valence-corrected chi connectivity index (χ3v) is 8.42. The maximum atomic E-state index is 12.9. The SMILES string of the molecule is CCS(=O)(=O)c1ccc(Cc2cc(N3CCC(c4ccc(C(F)(F)F)cc4)C3)ccc2C(N)=O)cc1. The van der Waals surface area contributed by atoms with Crippen LogP contribution in [0.1, 0.15) is 51.9 Å². The molecule has 0 bridgehead atoms. The molecule has 0 aliphatic carbocycles. The van der Waals surface area contributed by atoms with Crippen molar-refractivity contribution < 1.29 is 26.4 Å². The Morgan fingerprint density at radius 2 is 1.69 bits per heavy atom. The van der Waals surface area contributed by atoms with Crippen molar-refractivity contribution in [3.63, 3.8) is 0 Å². The second kappa shape index (κ2) is 9.97. The predicted molar refractivity (Wildman–Crippen MR) is 133 cm³/mol. The minimum Gasteiger partial charge on any atom is -0.371 e. The fourth-order valence-electron chi connectivity index (χ4n) is 4.58. The summed E-state index contributed by atoms with van der Waals surface area (Å²) >= 11 is 0. The Morgan fingerprint density at radius 1 is 1.03 bits per heavy atom. The van der Waals surface area contributed by atoms with E-state index in [-0.39, 0.29) is 16.6 Å². The number of anilines is 1. The van der Waals surface area contributed by atoms with Gasteiger partial charge in [0.2, 0.25) is 5.91 Å². The summed E-state index contributed by atoms with van der Waals surface area (Å²) in [5.74, 6) is -0.436. The number of benzene rings is 3. The summed E-state index contributed by atoms with van der Waals surface area (Å²) in [4.78, 5) is 14.5. The van der Waals surface area contributed by atoms with E-state index < -0.39 is 27.5 Å². The first-order valence-electron chi connectivity index (χ1n) is 11.6. The van der Waals surface area contributed by atoms with Gasteiger partial charge in [0.1, 0.15) is 0 Å². The molecule has 9 heteroatoms. The van der Waals surface area contributed by atoms with Crippen LogP contribution in [0.5, 0.6) is 0 Å². The van der Waals surface area contributed by atoms with E-state index >= 15 is 0 Å². The molecule has 0 radical (unpaired) electrons. The molecule has 0 aromatic heterocycles. The zero-order valence-electron chi connectivity index (χ0n) is 19.8. The number of primary amides is 1. The first-order valence-corrected chi connectivity index (χ1v) is 13.3. The molecule has 3 aromatic rings. The molecule has 1 heterocycles. The Balaban J connectivity index is 1.53. The third-order valence-electron chi connectivity index (χ3n) is 6.67. The molecule has 5 nitrogen and oxygen atoms in total. The Kier molecular flexibility index (Phi) is 7.13. The molecule has 0 saturated carbocycles. The largest absolute Gasteiger partial charge is 0.416 e. The van der Waals surface area contributed by atoms with Crippen LogP contribution in [0.4, 0.5) is 18.9 Å². The first kappa shape index (κ1) is 25.8. The van der Waals surface area contributed by atoms with E-state index in [4.69, 9.17) is 5.73 Å². The Hall–Kier alpha value is -3.33. The molecule has 3 aromatic carbocycles. The van der Waals surface area contributed by atoms with Crippen molar-refractivity contribution in [2.45, 2.75) is 36.8 Å². The van der Waals surface area contributed by atoms with Gasteiger partial charge in [-0.05, 0) is 72.0 Å². The number of nitrogens with zero attached hydrogens (tertiary/aromatic N) is 1. The maximum absolute atomic E-state index is 12.9. The smallest absolute Gasteiger partial charge is 0.371 e. The van der Waals surface area contributed by atoms with Crippen molar-refractivity contribution in [3.05, 3.63) is 94.5 Å². The lowest BCUT2D eigenvalue weighted by Crippen LogP contribution is -2.21. The fourth-order valence-corrected chi connectivity index (χ4v) is 5.46. The molecule has 2 N–H and O–H groups in total. The van der Waals surface area contributed by atoms with E-state index in [0.29, 0.717) is 18.5 Å². The standard InChI is InChI=1S/C27H27F3N2O3S/c1-2-36(34,35)24-10-3-18(4-11-24)15-21-16-23(9-12-25(21)26(31)33)32-14-13-20(17-32)19-5-7-22(8-6-19)27(28,29)30/h3-12,16,20H,2,13-15,17H2,1H3,(H2,31,33). The second-order valence-corrected chi connectivity index (χ2v) is 11.3. The van der Waals surface area contributed by atoms with E-state index in [0.717, 1.165) is 47.5 Å². The lowest BCUT2D eigenvalue weighted by molar-refractivity contribution is -0.137. The molecule has 1 saturated heterocycles.